The van der Waals surface area contributed by atoms with E-state index in [0.717, 1.165) is 63.2 Å². The van der Waals surface area contributed by atoms with Crippen LogP contribution in [0.1, 0.15) is 43.6 Å². The molecule has 0 bridgehead atoms. The van der Waals surface area contributed by atoms with Crippen molar-refractivity contribution in [1.82, 2.24) is 15.1 Å². The number of carbonyl (C=O) groups is 1. The number of rotatable bonds is 2. The van der Waals surface area contributed by atoms with E-state index in [9.17, 15) is 4.79 Å². The summed E-state index contributed by atoms with van der Waals surface area (Å²) in [5, 5.41) is 4.37. The van der Waals surface area contributed by atoms with Crippen molar-refractivity contribution in [2.75, 3.05) is 26.2 Å². The number of carbonyl (C=O) groups excluding carboxylic acids is 1. The Kier molecular flexibility index (Phi) is 3.35. The van der Waals surface area contributed by atoms with E-state index in [2.05, 4.69) is 40.2 Å². The Hall–Kier alpha value is -2.01. The van der Waals surface area contributed by atoms with Gasteiger partial charge in [0.05, 0.1) is 11.6 Å². The average molecular weight is 339 g/mol. The van der Waals surface area contributed by atoms with Gasteiger partial charge in [0.2, 0.25) is 0 Å². The maximum atomic E-state index is 12.4. The highest BCUT2D eigenvalue weighted by molar-refractivity contribution is 5.83. The summed E-state index contributed by atoms with van der Waals surface area (Å²) in [6.45, 7) is 5.88. The molecular formula is C20H25N3O2. The lowest BCUT2D eigenvalue weighted by Crippen LogP contribution is -2.56. The lowest BCUT2D eigenvalue weighted by atomic mass is 9.79. The molecule has 1 N–H and O–H groups in total. The van der Waals surface area contributed by atoms with Crippen molar-refractivity contribution in [3.63, 3.8) is 0 Å². The van der Waals surface area contributed by atoms with Crippen LogP contribution in [-0.4, -0.2) is 47.5 Å². The maximum absolute atomic E-state index is 12.4. The normalized spacial score (nSPS) is 29.1. The molecule has 2 saturated heterocycles. The predicted octanol–water partition coefficient (Wildman–Crippen LogP) is 3.30. The maximum Gasteiger partial charge on any atom is 0.318 e. The van der Waals surface area contributed by atoms with E-state index < -0.39 is 0 Å². The van der Waals surface area contributed by atoms with Crippen LogP contribution in [0.15, 0.2) is 28.7 Å². The number of piperidine rings is 1. The molecular weight excluding hydrogens is 314 g/mol. The minimum Gasteiger partial charge on any atom is -0.459 e. The summed E-state index contributed by atoms with van der Waals surface area (Å²) in [7, 11) is 0. The van der Waals surface area contributed by atoms with Crippen molar-refractivity contribution in [1.29, 1.82) is 0 Å². The Balaban J connectivity index is 1.54. The number of benzene rings is 1. The van der Waals surface area contributed by atoms with Gasteiger partial charge in [-0.25, -0.2) is 4.79 Å². The molecule has 2 aromatic rings. The third-order valence-corrected chi connectivity index (χ3v) is 6.39. The number of para-hydroxylation sites is 1. The SMILES string of the molecule is CCCN1C(=O)NC[C@]12CCN1CCc3c(oc4ccccc34)[C@@H]1C2. The second-order valence-electron chi connectivity index (χ2n) is 7.73. The van der Waals surface area contributed by atoms with Gasteiger partial charge in [-0.3, -0.25) is 4.90 Å². The molecule has 1 aromatic heterocycles. The zero-order chi connectivity index (χ0) is 17.0. The summed E-state index contributed by atoms with van der Waals surface area (Å²) in [5.41, 5.74) is 2.33. The quantitative estimate of drug-likeness (QED) is 0.913. The molecule has 132 valence electrons. The second-order valence-corrected chi connectivity index (χ2v) is 7.73. The molecule has 3 aliphatic heterocycles. The minimum atomic E-state index is -0.0537. The topological polar surface area (TPSA) is 48.7 Å². The number of nitrogens with one attached hydrogen (secondary N) is 1. The van der Waals surface area contributed by atoms with Crippen LogP contribution in [-0.2, 0) is 6.42 Å². The fourth-order valence-corrected chi connectivity index (χ4v) is 5.14. The number of amides is 2. The predicted molar refractivity (Wildman–Crippen MR) is 96.6 cm³/mol. The molecule has 5 nitrogen and oxygen atoms in total. The van der Waals surface area contributed by atoms with Gasteiger partial charge in [-0.2, -0.15) is 0 Å². The van der Waals surface area contributed by atoms with Gasteiger partial charge in [0.15, 0.2) is 0 Å². The molecule has 5 heteroatoms. The second kappa shape index (κ2) is 5.49. The number of hydrogen-bond acceptors (Lipinski definition) is 3. The van der Waals surface area contributed by atoms with Crippen LogP contribution in [0.3, 0.4) is 0 Å². The van der Waals surface area contributed by atoms with E-state index >= 15 is 0 Å². The summed E-state index contributed by atoms with van der Waals surface area (Å²) in [4.78, 5) is 17.0. The molecule has 2 atom stereocenters. The molecule has 2 fully saturated rings. The highest BCUT2D eigenvalue weighted by Gasteiger charge is 2.51. The monoisotopic (exact) mass is 339 g/mol. The van der Waals surface area contributed by atoms with Crippen LogP contribution < -0.4 is 5.32 Å². The molecule has 0 unspecified atom stereocenters. The zero-order valence-electron chi connectivity index (χ0n) is 14.8. The Morgan fingerprint density at radius 3 is 3.08 bits per heavy atom. The van der Waals surface area contributed by atoms with Crippen LogP contribution in [0.5, 0.6) is 0 Å². The molecule has 0 radical (unpaired) electrons. The number of fused-ring (bicyclic) bond motifs is 5. The molecule has 0 aliphatic carbocycles. The van der Waals surface area contributed by atoms with Gasteiger partial charge < -0.3 is 14.6 Å². The largest absolute Gasteiger partial charge is 0.459 e. The van der Waals surface area contributed by atoms with Crippen molar-refractivity contribution >= 4 is 17.0 Å². The summed E-state index contributed by atoms with van der Waals surface area (Å²) in [6, 6.07) is 8.78. The van der Waals surface area contributed by atoms with Crippen LogP contribution in [0.4, 0.5) is 4.79 Å². The number of urea groups is 1. The first-order valence-electron chi connectivity index (χ1n) is 9.52. The summed E-state index contributed by atoms with van der Waals surface area (Å²) in [5.74, 6) is 1.14. The molecule has 3 aliphatic rings. The third kappa shape index (κ3) is 2.15. The zero-order valence-corrected chi connectivity index (χ0v) is 14.8. The molecule has 1 spiro atoms. The van der Waals surface area contributed by atoms with E-state index in [1.165, 1.54) is 10.9 Å². The molecule has 5 rings (SSSR count). The lowest BCUT2D eigenvalue weighted by molar-refractivity contribution is 0.0217. The Bertz CT molecular complexity index is 829. The Labute approximate surface area is 148 Å². The van der Waals surface area contributed by atoms with Gasteiger partial charge in [-0.1, -0.05) is 25.1 Å². The molecule has 4 heterocycles. The average Bonchev–Trinajstić information content (AvgIpc) is 3.16. The van der Waals surface area contributed by atoms with Gasteiger partial charge in [0, 0.05) is 37.1 Å². The fraction of sp³-hybridized carbons (Fsp3) is 0.550. The number of nitrogens with zero attached hydrogens (tertiary/aromatic N) is 2. The van der Waals surface area contributed by atoms with Crippen molar-refractivity contribution in [2.45, 2.75) is 44.2 Å². The van der Waals surface area contributed by atoms with E-state index in [1.807, 2.05) is 6.07 Å². The molecule has 2 amide bonds. The van der Waals surface area contributed by atoms with Gasteiger partial charge >= 0.3 is 6.03 Å². The van der Waals surface area contributed by atoms with Crippen LogP contribution in [0.2, 0.25) is 0 Å². The molecule has 25 heavy (non-hydrogen) atoms. The number of furan rings is 1. The highest BCUT2D eigenvalue weighted by atomic mass is 16.3. The van der Waals surface area contributed by atoms with E-state index in [4.69, 9.17) is 4.42 Å². The van der Waals surface area contributed by atoms with E-state index in [-0.39, 0.29) is 17.6 Å². The smallest absolute Gasteiger partial charge is 0.318 e. The standard InChI is InChI=1S/C20H25N3O2/c1-2-9-23-19(24)21-13-20(23)8-11-22-10-7-15-14-5-3-4-6-17(14)25-18(15)16(22)12-20/h3-6,16H,2,7-13H2,1H3,(H,21,24)/t16-,20+/m0/s1. The highest BCUT2D eigenvalue weighted by Crippen LogP contribution is 2.46. The first-order valence-corrected chi connectivity index (χ1v) is 9.52. The lowest BCUT2D eigenvalue weighted by Gasteiger charge is -2.49. The van der Waals surface area contributed by atoms with E-state index in [1.54, 1.807) is 0 Å². The van der Waals surface area contributed by atoms with Crippen molar-refractivity contribution < 1.29 is 9.21 Å². The van der Waals surface area contributed by atoms with Crippen molar-refractivity contribution in [3.05, 3.63) is 35.6 Å². The minimum absolute atomic E-state index is 0.0537. The Morgan fingerprint density at radius 2 is 2.20 bits per heavy atom. The van der Waals surface area contributed by atoms with Gasteiger partial charge in [0.25, 0.3) is 0 Å². The number of hydrogen-bond donors (Lipinski definition) is 1. The summed E-state index contributed by atoms with van der Waals surface area (Å²) in [6.07, 6.45) is 4.08. The van der Waals surface area contributed by atoms with Gasteiger partial charge in [-0.05, 0) is 31.7 Å². The van der Waals surface area contributed by atoms with Crippen LogP contribution in [0.25, 0.3) is 11.0 Å². The first-order chi connectivity index (χ1) is 12.2. The first kappa shape index (κ1) is 15.3. The summed E-state index contributed by atoms with van der Waals surface area (Å²) >= 11 is 0. The van der Waals surface area contributed by atoms with Crippen LogP contribution in [0, 0.1) is 0 Å². The van der Waals surface area contributed by atoms with Crippen LogP contribution >= 0.6 is 0 Å². The van der Waals surface area contributed by atoms with Gasteiger partial charge in [0.1, 0.15) is 11.3 Å². The van der Waals surface area contributed by atoms with Gasteiger partial charge in [-0.15, -0.1) is 0 Å². The third-order valence-electron chi connectivity index (χ3n) is 6.39. The van der Waals surface area contributed by atoms with E-state index in [0.29, 0.717) is 0 Å². The van der Waals surface area contributed by atoms with Crippen molar-refractivity contribution in [2.24, 2.45) is 0 Å². The fourth-order valence-electron chi connectivity index (χ4n) is 5.14. The molecule has 1 aromatic carbocycles. The molecule has 0 saturated carbocycles. The van der Waals surface area contributed by atoms with Crippen molar-refractivity contribution in [3.8, 4) is 0 Å². The summed E-state index contributed by atoms with van der Waals surface area (Å²) < 4.78 is 6.32. The Morgan fingerprint density at radius 1 is 1.32 bits per heavy atom.